The van der Waals surface area contributed by atoms with Gasteiger partial charge in [-0.15, -0.1) is 12.3 Å². The zero-order valence-electron chi connectivity index (χ0n) is 23.0. The molecule has 0 radical (unpaired) electrons. The van der Waals surface area contributed by atoms with E-state index < -0.39 is 6.17 Å². The van der Waals surface area contributed by atoms with Crippen LogP contribution in [0, 0.1) is 71.0 Å². The summed E-state index contributed by atoms with van der Waals surface area (Å²) in [6.07, 6.45) is 25.3. The molecule has 9 atom stereocenters. The van der Waals surface area contributed by atoms with Gasteiger partial charge in [0, 0.05) is 11.8 Å². The van der Waals surface area contributed by atoms with E-state index >= 15 is 0 Å². The molecule has 0 aromatic rings. The lowest BCUT2D eigenvalue weighted by Gasteiger charge is -2.66. The van der Waals surface area contributed by atoms with E-state index in [1.807, 2.05) is 0 Å². The van der Waals surface area contributed by atoms with Crippen molar-refractivity contribution in [2.24, 2.45) is 58.7 Å². The first kappa shape index (κ1) is 26.3. The van der Waals surface area contributed by atoms with Crippen molar-refractivity contribution in [3.63, 3.8) is 0 Å². The molecule has 4 rings (SSSR count). The second-order valence-corrected chi connectivity index (χ2v) is 13.2. The Morgan fingerprint density at radius 2 is 1.76 bits per heavy atom. The van der Waals surface area contributed by atoms with Gasteiger partial charge < -0.3 is 0 Å². The molecule has 0 amide bonds. The molecule has 0 aromatic heterocycles. The van der Waals surface area contributed by atoms with E-state index in [1.165, 1.54) is 76.2 Å². The molecule has 0 aliphatic heterocycles. The molecule has 34 heavy (non-hydrogen) atoms. The third-order valence-electron chi connectivity index (χ3n) is 11.5. The van der Waals surface area contributed by atoms with Gasteiger partial charge in [0.05, 0.1) is 0 Å². The number of unbranched alkanes of at least 4 members (excludes halogenated alkanes) is 2. The maximum atomic E-state index is 14.3. The van der Waals surface area contributed by atoms with E-state index in [1.54, 1.807) is 0 Å². The smallest absolute Gasteiger partial charge is 0.107 e. The Bertz CT molecular complexity index is 736. The highest BCUT2D eigenvalue weighted by Gasteiger charge is 2.62. The fraction of sp³-hybridized carbons (Fsp3) is 0.879. The Kier molecular flexibility index (Phi) is 8.58. The van der Waals surface area contributed by atoms with Gasteiger partial charge in [0.1, 0.15) is 6.17 Å². The second-order valence-electron chi connectivity index (χ2n) is 13.2. The number of halogens is 1. The van der Waals surface area contributed by atoms with Gasteiger partial charge in [0.2, 0.25) is 0 Å². The molecular weight excluding hydrogens is 415 g/mol. The van der Waals surface area contributed by atoms with Crippen molar-refractivity contribution < 1.29 is 4.39 Å². The van der Waals surface area contributed by atoms with Crippen LogP contribution in [0.25, 0.3) is 0 Å². The zero-order valence-corrected chi connectivity index (χ0v) is 23.0. The van der Waals surface area contributed by atoms with E-state index in [-0.39, 0.29) is 5.92 Å². The van der Waals surface area contributed by atoms with E-state index in [4.69, 9.17) is 6.42 Å². The van der Waals surface area contributed by atoms with E-state index in [2.05, 4.69) is 46.6 Å². The summed E-state index contributed by atoms with van der Waals surface area (Å²) in [5.74, 6) is 9.13. The van der Waals surface area contributed by atoms with Crippen molar-refractivity contribution >= 4 is 0 Å². The summed E-state index contributed by atoms with van der Waals surface area (Å²) in [4.78, 5) is 0. The maximum Gasteiger partial charge on any atom is 0.107 e. The SMILES string of the molecule is C#CC1CC(C2=CC(C)C(F)CC2C)CC(C)C12CC(C1CCC(CCCCC)CC1)C2CC. The highest BCUT2D eigenvalue weighted by atomic mass is 19.1. The molecule has 0 N–H and O–H groups in total. The van der Waals surface area contributed by atoms with E-state index in [9.17, 15) is 4.39 Å². The Morgan fingerprint density at radius 1 is 1.03 bits per heavy atom. The van der Waals surface area contributed by atoms with Gasteiger partial charge in [0.25, 0.3) is 0 Å². The fourth-order valence-corrected chi connectivity index (χ4v) is 9.56. The van der Waals surface area contributed by atoms with Gasteiger partial charge in [-0.25, -0.2) is 4.39 Å². The van der Waals surface area contributed by atoms with Crippen molar-refractivity contribution in [2.75, 3.05) is 0 Å². The molecule has 1 heteroatoms. The summed E-state index contributed by atoms with van der Waals surface area (Å²) in [6.45, 7) is 11.6. The third kappa shape index (κ3) is 4.78. The highest BCUT2D eigenvalue weighted by Crippen LogP contribution is 2.69. The summed E-state index contributed by atoms with van der Waals surface area (Å²) >= 11 is 0. The molecular formula is C33H53F. The number of allylic oxidation sites excluding steroid dienone is 2. The Labute approximate surface area is 211 Å². The lowest BCUT2D eigenvalue weighted by molar-refractivity contribution is -0.166. The van der Waals surface area contributed by atoms with Gasteiger partial charge in [-0.2, -0.15) is 0 Å². The molecule has 4 aliphatic carbocycles. The minimum atomic E-state index is -0.673. The van der Waals surface area contributed by atoms with Crippen LogP contribution < -0.4 is 0 Å². The zero-order chi connectivity index (χ0) is 24.5. The molecule has 9 unspecified atom stereocenters. The molecule has 3 saturated carbocycles. The molecule has 0 bridgehead atoms. The quantitative estimate of drug-likeness (QED) is 0.198. The molecule has 3 fully saturated rings. The number of alkyl halides is 1. The van der Waals surface area contributed by atoms with Crippen LogP contribution in [0.2, 0.25) is 0 Å². The molecule has 0 aromatic carbocycles. The number of hydrogen-bond acceptors (Lipinski definition) is 0. The molecule has 0 heterocycles. The normalized spacial score (nSPS) is 47.0. The van der Waals surface area contributed by atoms with Crippen molar-refractivity contribution in [3.05, 3.63) is 11.6 Å². The summed E-state index contributed by atoms with van der Waals surface area (Å²) in [7, 11) is 0. The second kappa shape index (κ2) is 11.1. The van der Waals surface area contributed by atoms with Crippen molar-refractivity contribution in [3.8, 4) is 12.3 Å². The Hall–Kier alpha value is -0.770. The average molecular weight is 469 g/mol. The standard InChI is InChI=1S/C33H53F/c1-7-10-11-12-25-13-15-26(16-14-25)30-21-33(31(30)9-3)24(6)19-27(20-28(33)8-2)29-17-23(5)32(34)18-22(29)4/h2,17,22-28,30-32H,7,9-16,18-21H2,1,3-6H3. The summed E-state index contributed by atoms with van der Waals surface area (Å²) < 4.78 is 14.3. The number of terminal acetylenes is 1. The summed E-state index contributed by atoms with van der Waals surface area (Å²) in [6, 6.07) is 0. The molecule has 192 valence electrons. The highest BCUT2D eigenvalue weighted by molar-refractivity contribution is 5.23. The van der Waals surface area contributed by atoms with Crippen LogP contribution in [0.15, 0.2) is 11.6 Å². The van der Waals surface area contributed by atoms with Crippen LogP contribution >= 0.6 is 0 Å². The monoisotopic (exact) mass is 468 g/mol. The minimum Gasteiger partial charge on any atom is -0.247 e. The fourth-order valence-electron chi connectivity index (χ4n) is 9.56. The van der Waals surface area contributed by atoms with Crippen LogP contribution in [0.4, 0.5) is 4.39 Å². The van der Waals surface area contributed by atoms with Gasteiger partial charge in [-0.3, -0.25) is 0 Å². The lowest BCUT2D eigenvalue weighted by atomic mass is 9.38. The van der Waals surface area contributed by atoms with Crippen LogP contribution in [-0.2, 0) is 0 Å². The van der Waals surface area contributed by atoms with E-state index in [0.717, 1.165) is 30.1 Å². The van der Waals surface area contributed by atoms with E-state index in [0.29, 0.717) is 35.5 Å². The lowest BCUT2D eigenvalue weighted by Crippen LogP contribution is -2.60. The largest absolute Gasteiger partial charge is 0.247 e. The number of rotatable bonds is 7. The first-order valence-electron chi connectivity index (χ1n) is 15.2. The summed E-state index contributed by atoms with van der Waals surface area (Å²) in [5, 5.41) is 0. The van der Waals surface area contributed by atoms with Crippen LogP contribution in [0.3, 0.4) is 0 Å². The van der Waals surface area contributed by atoms with Gasteiger partial charge >= 0.3 is 0 Å². The maximum absolute atomic E-state index is 14.3. The molecule has 1 spiro atoms. The topological polar surface area (TPSA) is 0 Å². The van der Waals surface area contributed by atoms with Crippen LogP contribution in [-0.4, -0.2) is 6.17 Å². The first-order chi connectivity index (χ1) is 16.3. The van der Waals surface area contributed by atoms with Gasteiger partial charge in [-0.1, -0.05) is 91.2 Å². The first-order valence-corrected chi connectivity index (χ1v) is 15.2. The Balaban J connectivity index is 1.42. The summed E-state index contributed by atoms with van der Waals surface area (Å²) in [5.41, 5.74) is 1.91. The molecule has 4 aliphatic rings. The van der Waals surface area contributed by atoms with Crippen LogP contribution in [0.5, 0.6) is 0 Å². The van der Waals surface area contributed by atoms with Crippen molar-refractivity contribution in [1.82, 2.24) is 0 Å². The van der Waals surface area contributed by atoms with Gasteiger partial charge in [0.15, 0.2) is 0 Å². The predicted molar refractivity (Wildman–Crippen MR) is 144 cm³/mol. The average Bonchev–Trinajstić information content (AvgIpc) is 2.81. The van der Waals surface area contributed by atoms with Gasteiger partial charge in [-0.05, 0) is 85.4 Å². The van der Waals surface area contributed by atoms with Crippen molar-refractivity contribution in [1.29, 1.82) is 0 Å². The van der Waals surface area contributed by atoms with Crippen molar-refractivity contribution in [2.45, 2.75) is 124 Å². The Morgan fingerprint density at radius 3 is 2.41 bits per heavy atom. The number of hydrogen-bond donors (Lipinski definition) is 0. The minimum absolute atomic E-state index is 0.0650. The molecule has 0 saturated heterocycles. The van der Waals surface area contributed by atoms with Crippen LogP contribution in [0.1, 0.15) is 118 Å². The third-order valence-corrected chi connectivity index (χ3v) is 11.5. The predicted octanol–water partition coefficient (Wildman–Crippen LogP) is 9.64. The molecule has 0 nitrogen and oxygen atoms in total.